The number of hydrogen-bond acceptors (Lipinski definition) is 6. The number of aromatic nitrogens is 4. The second kappa shape index (κ2) is 11.0. The molecule has 1 atom stereocenters. The van der Waals surface area contributed by atoms with E-state index >= 15 is 0 Å². The van der Waals surface area contributed by atoms with Crippen LogP contribution in [0.15, 0.2) is 30.3 Å². The lowest BCUT2D eigenvalue weighted by Gasteiger charge is -2.33. The smallest absolute Gasteiger partial charge is 0.416 e. The predicted octanol–water partition coefficient (Wildman–Crippen LogP) is 6.01. The van der Waals surface area contributed by atoms with E-state index in [-0.39, 0.29) is 48.2 Å². The molecule has 1 aliphatic heterocycles. The van der Waals surface area contributed by atoms with Gasteiger partial charge >= 0.3 is 24.5 Å². The van der Waals surface area contributed by atoms with Gasteiger partial charge in [-0.15, -0.1) is 5.10 Å². The molecule has 2 aromatic carbocycles. The predicted molar refractivity (Wildman–Crippen MR) is 129 cm³/mol. The molecule has 0 bridgehead atoms. The van der Waals surface area contributed by atoms with Crippen LogP contribution < -0.4 is 9.80 Å². The molecule has 1 aliphatic rings. The summed E-state index contributed by atoms with van der Waals surface area (Å²) in [6.45, 7) is -0.0482. The van der Waals surface area contributed by atoms with Crippen molar-refractivity contribution in [2.75, 3.05) is 22.9 Å². The number of alkyl halides is 9. The zero-order chi connectivity index (χ0) is 31.2. The monoisotopic (exact) mass is 610 g/mol. The van der Waals surface area contributed by atoms with Gasteiger partial charge in [0.05, 0.1) is 29.8 Å². The number of carboxylic acid groups (broad SMARTS) is 1. The van der Waals surface area contributed by atoms with Crippen molar-refractivity contribution >= 4 is 17.6 Å². The van der Waals surface area contributed by atoms with Crippen molar-refractivity contribution < 1.29 is 49.4 Å². The van der Waals surface area contributed by atoms with E-state index in [4.69, 9.17) is 0 Å². The Labute approximate surface area is 232 Å². The molecule has 3 aromatic rings. The van der Waals surface area contributed by atoms with Crippen molar-refractivity contribution in [1.82, 2.24) is 20.2 Å². The number of tetrazole rings is 1. The number of fused-ring (bicyclic) bond motifs is 1. The van der Waals surface area contributed by atoms with Gasteiger partial charge in [0.2, 0.25) is 0 Å². The first kappa shape index (κ1) is 30.9. The molecule has 1 aromatic heterocycles. The van der Waals surface area contributed by atoms with E-state index in [1.54, 1.807) is 0 Å². The van der Waals surface area contributed by atoms with Gasteiger partial charge in [-0.1, -0.05) is 11.2 Å². The molecule has 0 fully saturated rings. The maximum atomic E-state index is 13.8. The molecule has 0 amide bonds. The van der Waals surface area contributed by atoms with Gasteiger partial charge in [-0.2, -0.15) is 44.3 Å². The van der Waals surface area contributed by atoms with E-state index in [2.05, 4.69) is 15.4 Å². The molecule has 0 aliphatic carbocycles. The third-order valence-electron chi connectivity index (χ3n) is 6.74. The number of benzene rings is 2. The molecule has 42 heavy (non-hydrogen) atoms. The summed E-state index contributed by atoms with van der Waals surface area (Å²) in [6, 6.07) is 2.10. The summed E-state index contributed by atoms with van der Waals surface area (Å²) in [5.74, 6) is -1.52. The molecule has 0 saturated carbocycles. The summed E-state index contributed by atoms with van der Waals surface area (Å²) in [7, 11) is 1.37. The summed E-state index contributed by atoms with van der Waals surface area (Å²) in [6.07, 6.45) is -14.7. The van der Waals surface area contributed by atoms with Gasteiger partial charge in [-0.3, -0.25) is 4.79 Å². The second-order valence-corrected chi connectivity index (χ2v) is 9.82. The molecule has 1 N–H and O–H groups in total. The van der Waals surface area contributed by atoms with Crippen molar-refractivity contribution in [2.45, 2.75) is 50.9 Å². The van der Waals surface area contributed by atoms with Crippen LogP contribution >= 0.6 is 0 Å². The highest BCUT2D eigenvalue weighted by Gasteiger charge is 2.39. The summed E-state index contributed by atoms with van der Waals surface area (Å²) in [4.78, 5) is 15.1. The molecular formula is C25H23F9N6O2. The Kier molecular flexibility index (Phi) is 8.08. The molecule has 8 nitrogen and oxygen atoms in total. The number of halogens is 9. The van der Waals surface area contributed by atoms with Gasteiger partial charge in [-0.05, 0) is 65.9 Å². The summed E-state index contributed by atoms with van der Waals surface area (Å²) in [5.41, 5.74) is -4.65. The number of rotatable bonds is 6. The first-order valence-corrected chi connectivity index (χ1v) is 12.3. The Bertz CT molecular complexity index is 1430. The zero-order valence-corrected chi connectivity index (χ0v) is 21.9. The molecule has 228 valence electrons. The maximum absolute atomic E-state index is 13.8. The van der Waals surface area contributed by atoms with Gasteiger partial charge in [-0.25, -0.2) is 0 Å². The Balaban J connectivity index is 1.91. The van der Waals surface area contributed by atoms with Crippen LogP contribution in [0, 0.1) is 6.92 Å². The van der Waals surface area contributed by atoms with Crippen molar-refractivity contribution in [1.29, 1.82) is 0 Å². The molecule has 17 heteroatoms. The van der Waals surface area contributed by atoms with Gasteiger partial charge in [0.1, 0.15) is 6.54 Å². The number of aliphatic carboxylic acids is 1. The number of aryl methyl sites for hydroxylation is 2. The Morgan fingerprint density at radius 2 is 1.60 bits per heavy atom. The van der Waals surface area contributed by atoms with Crippen molar-refractivity contribution in [3.05, 3.63) is 63.7 Å². The van der Waals surface area contributed by atoms with Crippen LogP contribution in [0.4, 0.5) is 51.1 Å². The molecule has 0 unspecified atom stereocenters. The van der Waals surface area contributed by atoms with Gasteiger partial charge in [0.25, 0.3) is 5.95 Å². The van der Waals surface area contributed by atoms with E-state index in [1.807, 2.05) is 0 Å². The summed E-state index contributed by atoms with van der Waals surface area (Å²) in [5, 5.41) is 21.1. The molecule has 0 radical (unpaired) electrons. The lowest BCUT2D eigenvalue weighted by atomic mass is 9.94. The fraction of sp³-hybridized carbons (Fsp3) is 0.440. The molecule has 0 saturated heterocycles. The number of nitrogens with zero attached hydrogens (tertiary/aromatic N) is 6. The maximum Gasteiger partial charge on any atom is 0.416 e. The van der Waals surface area contributed by atoms with E-state index in [9.17, 15) is 49.4 Å². The number of anilines is 2. The number of carbonyl (C=O) groups is 1. The van der Waals surface area contributed by atoms with Gasteiger partial charge in [0, 0.05) is 18.8 Å². The first-order chi connectivity index (χ1) is 19.3. The minimum absolute atomic E-state index is 0.0127. The Hall–Kier alpha value is -4.05. The minimum atomic E-state index is -5.11. The number of carboxylic acids is 1. The minimum Gasteiger partial charge on any atom is -0.480 e. The third kappa shape index (κ3) is 6.70. The van der Waals surface area contributed by atoms with Crippen molar-refractivity contribution in [3.63, 3.8) is 0 Å². The molecule has 2 heterocycles. The fourth-order valence-electron chi connectivity index (χ4n) is 4.98. The largest absolute Gasteiger partial charge is 0.480 e. The van der Waals surface area contributed by atoms with Crippen LogP contribution in [-0.4, -0.2) is 44.4 Å². The lowest BCUT2D eigenvalue weighted by molar-refractivity contribution is -0.143. The van der Waals surface area contributed by atoms with Gasteiger partial charge < -0.3 is 14.9 Å². The Morgan fingerprint density at radius 3 is 2.10 bits per heavy atom. The quantitative estimate of drug-likeness (QED) is 0.343. The number of hydrogen-bond donors (Lipinski definition) is 1. The van der Waals surface area contributed by atoms with Crippen LogP contribution in [0.3, 0.4) is 0 Å². The van der Waals surface area contributed by atoms with Gasteiger partial charge in [0.15, 0.2) is 0 Å². The van der Waals surface area contributed by atoms with E-state index in [1.165, 1.54) is 29.8 Å². The second-order valence-electron chi connectivity index (χ2n) is 9.82. The van der Waals surface area contributed by atoms with Crippen LogP contribution in [0.25, 0.3) is 0 Å². The van der Waals surface area contributed by atoms with E-state index in [0.29, 0.717) is 12.1 Å². The molecular weight excluding hydrogens is 587 g/mol. The first-order valence-electron chi connectivity index (χ1n) is 12.3. The fourth-order valence-corrected chi connectivity index (χ4v) is 4.98. The highest BCUT2D eigenvalue weighted by atomic mass is 19.4. The van der Waals surface area contributed by atoms with Crippen molar-refractivity contribution in [2.24, 2.45) is 7.05 Å². The average Bonchev–Trinajstić information content (AvgIpc) is 3.21. The molecule has 4 rings (SSSR count). The average molecular weight is 610 g/mol. The molecule has 0 spiro atoms. The summed E-state index contributed by atoms with van der Waals surface area (Å²) < 4.78 is 123. The van der Waals surface area contributed by atoms with Crippen molar-refractivity contribution in [3.8, 4) is 0 Å². The van der Waals surface area contributed by atoms with E-state index in [0.717, 1.165) is 10.9 Å². The van der Waals surface area contributed by atoms with Crippen LogP contribution in [0.1, 0.15) is 52.3 Å². The SMILES string of the molecule is Cc1cc2c(cc1C(F)(F)F)N(CC(=O)O)CCC[C@@H]2N(Cc1cc(C(F)(F)F)cc(C(F)(F)F)c1)c1nnn(C)n1. The highest BCUT2D eigenvalue weighted by molar-refractivity contribution is 5.75. The standard InChI is InChI=1S/C25H23F9N6O2/c1-13-6-17-19(4-3-5-39(12-21(41)42)20(17)10-18(13)25(32,33)34)40(22-35-37-38(2)36-22)11-14-7-15(23(26,27)28)9-16(8-14)24(29,30)31/h6-10,19H,3-5,11-12H2,1-2H3,(H,41,42)/t19-/m0/s1. The highest BCUT2D eigenvalue weighted by Crippen LogP contribution is 2.44. The van der Waals surface area contributed by atoms with E-state index < -0.39 is 65.9 Å². The Morgan fingerprint density at radius 1 is 0.976 bits per heavy atom. The van der Waals surface area contributed by atoms with Crippen LogP contribution in [0.5, 0.6) is 0 Å². The van der Waals surface area contributed by atoms with Crippen LogP contribution in [-0.2, 0) is 36.9 Å². The van der Waals surface area contributed by atoms with Crippen LogP contribution in [0.2, 0.25) is 0 Å². The zero-order valence-electron chi connectivity index (χ0n) is 21.9. The topological polar surface area (TPSA) is 87.4 Å². The third-order valence-corrected chi connectivity index (χ3v) is 6.74. The normalized spacial score (nSPS) is 16.3. The summed E-state index contributed by atoms with van der Waals surface area (Å²) >= 11 is 0. The lowest BCUT2D eigenvalue weighted by Crippen LogP contribution is -2.32.